The molecule has 0 spiro atoms. The highest BCUT2D eigenvalue weighted by Crippen LogP contribution is 2.33. The van der Waals surface area contributed by atoms with Crippen molar-refractivity contribution < 1.29 is 14.7 Å². The number of ketones is 1. The van der Waals surface area contributed by atoms with Crippen LogP contribution in [0.1, 0.15) is 25.8 Å². The molecule has 0 saturated carbocycles. The molecule has 0 aliphatic carbocycles. The number of Topliss-reactive ketones (excluding diaryl/α,β-unsaturated/α-hetero) is 1. The molecular weight excluding hydrogens is 386 g/mol. The molecule has 0 saturated heterocycles. The Kier molecular flexibility index (Phi) is 5.68. The summed E-state index contributed by atoms with van der Waals surface area (Å²) in [6.07, 6.45) is -1.28. The number of aliphatic imine (C=N–C) groups is 1. The third-order valence-electron chi connectivity index (χ3n) is 2.18. The van der Waals surface area contributed by atoms with E-state index in [9.17, 15) is 9.59 Å². The molecule has 0 aliphatic rings. The van der Waals surface area contributed by atoms with E-state index in [1.807, 2.05) is 0 Å². The predicted octanol–water partition coefficient (Wildman–Crippen LogP) is 4.36. The van der Waals surface area contributed by atoms with Gasteiger partial charge in [0.15, 0.2) is 0 Å². The van der Waals surface area contributed by atoms with Crippen LogP contribution in [-0.4, -0.2) is 22.7 Å². The molecule has 1 heterocycles. The molecule has 0 fully saturated rings. The van der Waals surface area contributed by atoms with Crippen molar-refractivity contribution in [2.24, 2.45) is 10.9 Å². The van der Waals surface area contributed by atoms with Crippen LogP contribution in [0.25, 0.3) is 0 Å². The van der Waals surface area contributed by atoms with Crippen LogP contribution in [0.5, 0.6) is 0 Å². The number of amides is 1. The maximum atomic E-state index is 11.7. The van der Waals surface area contributed by atoms with Gasteiger partial charge in [-0.1, -0.05) is 13.8 Å². The second kappa shape index (κ2) is 6.58. The quantitative estimate of drug-likeness (QED) is 0.769. The predicted molar refractivity (Wildman–Crippen MR) is 78.7 cm³/mol. The first kappa shape index (κ1) is 15.5. The fraction of sp³-hybridized carbons (Fsp3) is 0.364. The van der Waals surface area contributed by atoms with Gasteiger partial charge < -0.3 is 5.11 Å². The summed E-state index contributed by atoms with van der Waals surface area (Å²) < 4.78 is 1.60. The van der Waals surface area contributed by atoms with Crippen LogP contribution < -0.4 is 0 Å². The molecule has 0 radical (unpaired) electrons. The maximum absolute atomic E-state index is 11.7. The maximum Gasteiger partial charge on any atom is 0.431 e. The molecule has 1 aromatic rings. The normalized spacial score (nSPS) is 11.9. The Morgan fingerprint density at radius 2 is 2.06 bits per heavy atom. The highest BCUT2D eigenvalue weighted by molar-refractivity contribution is 9.12. The van der Waals surface area contributed by atoms with E-state index in [4.69, 9.17) is 5.11 Å². The zero-order chi connectivity index (χ0) is 13.9. The molecule has 1 N–H and O–H groups in total. The van der Waals surface area contributed by atoms with Crippen molar-refractivity contribution in [3.63, 3.8) is 0 Å². The molecule has 4 nitrogen and oxygen atoms in total. The molecule has 0 aromatic carbocycles. The Hall–Kier alpha value is -0.530. The summed E-state index contributed by atoms with van der Waals surface area (Å²) in [6.45, 7) is 3.55. The van der Waals surface area contributed by atoms with E-state index in [0.29, 0.717) is 5.56 Å². The minimum atomic E-state index is -1.30. The first-order valence-electron chi connectivity index (χ1n) is 5.09. The first-order chi connectivity index (χ1) is 8.31. The van der Waals surface area contributed by atoms with Crippen molar-refractivity contribution in [2.75, 3.05) is 0 Å². The van der Waals surface area contributed by atoms with Crippen LogP contribution in [0.3, 0.4) is 0 Å². The molecule has 1 rings (SSSR count). The van der Waals surface area contributed by atoms with Crippen molar-refractivity contribution in [3.05, 3.63) is 19.2 Å². The lowest BCUT2D eigenvalue weighted by molar-refractivity contribution is -0.120. The number of thiophene rings is 1. The summed E-state index contributed by atoms with van der Waals surface area (Å²) in [6, 6.07) is 1.75. The fourth-order valence-corrected chi connectivity index (χ4v) is 4.08. The number of halogens is 2. The molecule has 7 heteroatoms. The van der Waals surface area contributed by atoms with E-state index in [2.05, 4.69) is 36.9 Å². The van der Waals surface area contributed by atoms with Gasteiger partial charge in [0.2, 0.25) is 0 Å². The Bertz CT molecular complexity index is 508. The zero-order valence-corrected chi connectivity index (χ0v) is 13.7. The Morgan fingerprint density at radius 1 is 1.44 bits per heavy atom. The summed E-state index contributed by atoms with van der Waals surface area (Å²) in [7, 11) is 0. The SMILES string of the molecule is CC(C)C(=O)CC(=NC(=O)O)c1cc(Br)sc1Br. The number of hydrogen-bond donors (Lipinski definition) is 1. The van der Waals surface area contributed by atoms with E-state index in [-0.39, 0.29) is 23.8 Å². The van der Waals surface area contributed by atoms with Crippen LogP contribution in [0, 0.1) is 5.92 Å². The highest BCUT2D eigenvalue weighted by atomic mass is 79.9. The van der Waals surface area contributed by atoms with Gasteiger partial charge in [0.05, 0.1) is 13.3 Å². The summed E-state index contributed by atoms with van der Waals surface area (Å²) in [5.74, 6) is -0.186. The van der Waals surface area contributed by atoms with Gasteiger partial charge in [-0.15, -0.1) is 11.3 Å². The summed E-state index contributed by atoms with van der Waals surface area (Å²) in [5.41, 5.74) is 0.915. The highest BCUT2D eigenvalue weighted by Gasteiger charge is 2.18. The van der Waals surface area contributed by atoms with Gasteiger partial charge in [-0.2, -0.15) is 4.99 Å². The van der Waals surface area contributed by atoms with Crippen LogP contribution in [-0.2, 0) is 4.79 Å². The standard InChI is InChI=1S/C11H11Br2NO3S/c1-5(2)8(15)4-7(14-11(16)17)6-3-9(12)18-10(6)13/h3,5H,4H2,1-2H3,(H,16,17). The van der Waals surface area contributed by atoms with Crippen LogP contribution in [0.15, 0.2) is 18.6 Å². The van der Waals surface area contributed by atoms with E-state index in [0.717, 1.165) is 7.57 Å². The Labute approximate surface area is 125 Å². The third kappa shape index (κ3) is 4.29. The van der Waals surface area contributed by atoms with Crippen molar-refractivity contribution in [1.29, 1.82) is 0 Å². The van der Waals surface area contributed by atoms with Crippen LogP contribution in [0.2, 0.25) is 0 Å². The lowest BCUT2D eigenvalue weighted by Gasteiger charge is -2.06. The number of carbonyl (C=O) groups excluding carboxylic acids is 1. The number of hydrogen-bond acceptors (Lipinski definition) is 3. The second-order valence-electron chi connectivity index (χ2n) is 3.88. The molecule has 1 aromatic heterocycles. The van der Waals surface area contributed by atoms with Crippen LogP contribution in [0.4, 0.5) is 4.79 Å². The largest absolute Gasteiger partial charge is 0.463 e. The molecule has 18 heavy (non-hydrogen) atoms. The van der Waals surface area contributed by atoms with E-state index >= 15 is 0 Å². The number of carbonyl (C=O) groups is 2. The van der Waals surface area contributed by atoms with E-state index in [1.165, 1.54) is 11.3 Å². The molecule has 0 aliphatic heterocycles. The van der Waals surface area contributed by atoms with Crippen molar-refractivity contribution in [2.45, 2.75) is 20.3 Å². The minimum absolute atomic E-state index is 0.0196. The topological polar surface area (TPSA) is 66.7 Å². The smallest absolute Gasteiger partial charge is 0.431 e. The lowest BCUT2D eigenvalue weighted by atomic mass is 10.0. The summed E-state index contributed by atoms with van der Waals surface area (Å²) in [5, 5.41) is 8.77. The van der Waals surface area contributed by atoms with Gasteiger partial charge in [-0.25, -0.2) is 4.79 Å². The van der Waals surface area contributed by atoms with E-state index in [1.54, 1.807) is 19.9 Å². The monoisotopic (exact) mass is 395 g/mol. The van der Waals surface area contributed by atoms with E-state index < -0.39 is 6.09 Å². The molecular formula is C11H11Br2NO3S. The number of rotatable bonds is 4. The first-order valence-corrected chi connectivity index (χ1v) is 7.50. The van der Waals surface area contributed by atoms with Gasteiger partial charge in [0, 0.05) is 17.9 Å². The molecule has 0 unspecified atom stereocenters. The molecule has 0 bridgehead atoms. The van der Waals surface area contributed by atoms with Crippen LogP contribution >= 0.6 is 43.2 Å². The third-order valence-corrected chi connectivity index (χ3v) is 4.52. The zero-order valence-electron chi connectivity index (χ0n) is 9.74. The second-order valence-corrected chi connectivity index (χ2v) is 7.63. The molecule has 1 amide bonds. The van der Waals surface area contributed by atoms with Gasteiger partial charge in [0.1, 0.15) is 5.78 Å². The summed E-state index contributed by atoms with van der Waals surface area (Å²) >= 11 is 8.06. The molecule has 98 valence electrons. The average molecular weight is 397 g/mol. The van der Waals surface area contributed by atoms with Gasteiger partial charge in [0.25, 0.3) is 0 Å². The number of nitrogens with zero attached hydrogens (tertiary/aromatic N) is 1. The van der Waals surface area contributed by atoms with Crippen molar-refractivity contribution in [1.82, 2.24) is 0 Å². The van der Waals surface area contributed by atoms with Gasteiger partial charge >= 0.3 is 6.09 Å². The lowest BCUT2D eigenvalue weighted by Crippen LogP contribution is -2.15. The van der Waals surface area contributed by atoms with Gasteiger partial charge in [-0.3, -0.25) is 4.79 Å². The number of carboxylic acid groups (broad SMARTS) is 1. The Morgan fingerprint density at radius 3 is 2.44 bits per heavy atom. The van der Waals surface area contributed by atoms with Crippen molar-refractivity contribution >= 4 is 60.8 Å². The minimum Gasteiger partial charge on any atom is -0.463 e. The Balaban J connectivity index is 3.11. The summed E-state index contributed by atoms with van der Waals surface area (Å²) in [4.78, 5) is 26.0. The van der Waals surface area contributed by atoms with Crippen molar-refractivity contribution in [3.8, 4) is 0 Å². The average Bonchev–Trinajstić information content (AvgIpc) is 2.55. The van der Waals surface area contributed by atoms with Gasteiger partial charge in [-0.05, 0) is 37.9 Å². The fourth-order valence-electron chi connectivity index (χ4n) is 1.22. The molecule has 0 atom stereocenters.